The van der Waals surface area contributed by atoms with Crippen molar-refractivity contribution < 1.29 is 9.13 Å². The zero-order chi connectivity index (χ0) is 12.7. The highest BCUT2D eigenvalue weighted by Crippen LogP contribution is 2.22. The molecule has 0 saturated carbocycles. The molecule has 96 valence electrons. The maximum Gasteiger partial charge on any atom is 0.127 e. The third-order valence-electron chi connectivity index (χ3n) is 2.86. The maximum absolute atomic E-state index is 13.7. The zero-order valence-corrected chi connectivity index (χ0v) is 10.9. The molecule has 0 aromatic heterocycles. The first kappa shape index (κ1) is 14.1. The molecule has 1 aromatic carbocycles. The monoisotopic (exact) mass is 239 g/mol. The smallest absolute Gasteiger partial charge is 0.127 e. The van der Waals surface area contributed by atoms with Gasteiger partial charge in [-0.2, -0.15) is 0 Å². The van der Waals surface area contributed by atoms with Crippen molar-refractivity contribution in [2.75, 3.05) is 20.3 Å². The second-order valence-electron chi connectivity index (χ2n) is 4.21. The first-order chi connectivity index (χ1) is 8.19. The van der Waals surface area contributed by atoms with Crippen molar-refractivity contribution in [2.45, 2.75) is 32.7 Å². The molecule has 1 aromatic rings. The third-order valence-corrected chi connectivity index (χ3v) is 2.86. The van der Waals surface area contributed by atoms with E-state index in [1.165, 1.54) is 6.07 Å². The van der Waals surface area contributed by atoms with Crippen LogP contribution in [0.5, 0.6) is 0 Å². The topological polar surface area (TPSA) is 21.3 Å². The number of hydrogen-bond acceptors (Lipinski definition) is 2. The van der Waals surface area contributed by atoms with Gasteiger partial charge in [0.15, 0.2) is 0 Å². The largest absolute Gasteiger partial charge is 0.382 e. The molecule has 2 nitrogen and oxygen atoms in total. The van der Waals surface area contributed by atoms with Crippen LogP contribution < -0.4 is 5.32 Å². The summed E-state index contributed by atoms with van der Waals surface area (Å²) in [6, 6.07) is 5.32. The van der Waals surface area contributed by atoms with Crippen LogP contribution in [0.3, 0.4) is 0 Å². The number of hydrogen-bond donors (Lipinski definition) is 1. The lowest BCUT2D eigenvalue weighted by Crippen LogP contribution is -2.18. The van der Waals surface area contributed by atoms with Crippen molar-refractivity contribution in [3.05, 3.63) is 35.1 Å². The summed E-state index contributed by atoms with van der Waals surface area (Å²) in [6.07, 6.45) is 1.82. The lowest BCUT2D eigenvalue weighted by molar-refractivity contribution is 0.141. The van der Waals surface area contributed by atoms with Crippen LogP contribution in [0, 0.1) is 12.7 Å². The number of halogens is 1. The highest BCUT2D eigenvalue weighted by atomic mass is 19.1. The number of aryl methyl sites for hydroxylation is 1. The SMILES string of the molecule is CCOCCCC(NC)c1cc(C)ccc1F. The van der Waals surface area contributed by atoms with Crippen LogP contribution in [0.15, 0.2) is 18.2 Å². The molecule has 0 amide bonds. The molecule has 1 unspecified atom stereocenters. The second kappa shape index (κ2) is 7.41. The van der Waals surface area contributed by atoms with Gasteiger partial charge in [-0.05, 0) is 39.8 Å². The minimum atomic E-state index is -0.133. The molecule has 1 rings (SSSR count). The van der Waals surface area contributed by atoms with Gasteiger partial charge >= 0.3 is 0 Å². The molecule has 0 heterocycles. The zero-order valence-electron chi connectivity index (χ0n) is 10.9. The second-order valence-corrected chi connectivity index (χ2v) is 4.21. The summed E-state index contributed by atoms with van der Waals surface area (Å²) < 4.78 is 19.0. The molecule has 0 bridgehead atoms. The standard InChI is InChI=1S/C14H22FNO/c1-4-17-9-5-6-14(16-3)12-10-11(2)7-8-13(12)15/h7-8,10,14,16H,4-6,9H2,1-3H3. The summed E-state index contributed by atoms with van der Waals surface area (Å²) in [5.41, 5.74) is 1.84. The Kier molecular flexibility index (Phi) is 6.16. The Morgan fingerprint density at radius 1 is 1.41 bits per heavy atom. The molecule has 1 atom stereocenters. The van der Waals surface area contributed by atoms with Gasteiger partial charge in [-0.15, -0.1) is 0 Å². The van der Waals surface area contributed by atoms with Crippen LogP contribution in [0.1, 0.15) is 36.9 Å². The Labute approximate surface area is 103 Å². The first-order valence-electron chi connectivity index (χ1n) is 6.20. The Morgan fingerprint density at radius 3 is 2.82 bits per heavy atom. The fourth-order valence-corrected chi connectivity index (χ4v) is 1.92. The molecular formula is C14H22FNO. The molecular weight excluding hydrogens is 217 g/mol. The van der Waals surface area contributed by atoms with Crippen LogP contribution in [-0.2, 0) is 4.74 Å². The molecule has 3 heteroatoms. The third kappa shape index (κ3) is 4.44. The Bertz CT molecular complexity index is 341. The average Bonchev–Trinajstić information content (AvgIpc) is 2.33. The van der Waals surface area contributed by atoms with E-state index >= 15 is 0 Å². The van der Waals surface area contributed by atoms with Crippen LogP contribution in [-0.4, -0.2) is 20.3 Å². The van der Waals surface area contributed by atoms with E-state index in [1.807, 2.05) is 27.0 Å². The van der Waals surface area contributed by atoms with Crippen molar-refractivity contribution >= 4 is 0 Å². The van der Waals surface area contributed by atoms with Crippen LogP contribution >= 0.6 is 0 Å². The van der Waals surface area contributed by atoms with E-state index in [0.717, 1.165) is 37.2 Å². The predicted octanol–water partition coefficient (Wildman–Crippen LogP) is 3.21. The van der Waals surface area contributed by atoms with Gasteiger partial charge in [-0.3, -0.25) is 0 Å². The number of nitrogens with one attached hydrogen (secondary N) is 1. The van der Waals surface area contributed by atoms with Crippen LogP contribution in [0.2, 0.25) is 0 Å². The maximum atomic E-state index is 13.7. The summed E-state index contributed by atoms with van der Waals surface area (Å²) in [5.74, 6) is -0.133. The van der Waals surface area contributed by atoms with Gasteiger partial charge in [0.25, 0.3) is 0 Å². The number of ether oxygens (including phenoxy) is 1. The Hall–Kier alpha value is -0.930. The summed E-state index contributed by atoms with van der Waals surface area (Å²) in [4.78, 5) is 0. The van der Waals surface area contributed by atoms with E-state index in [2.05, 4.69) is 5.32 Å². The van der Waals surface area contributed by atoms with Crippen molar-refractivity contribution in [3.63, 3.8) is 0 Å². The Balaban J connectivity index is 2.62. The quantitative estimate of drug-likeness (QED) is 0.738. The highest BCUT2D eigenvalue weighted by molar-refractivity contribution is 5.26. The van der Waals surface area contributed by atoms with E-state index in [-0.39, 0.29) is 11.9 Å². The fourth-order valence-electron chi connectivity index (χ4n) is 1.92. The molecule has 0 spiro atoms. The van der Waals surface area contributed by atoms with Gasteiger partial charge in [-0.25, -0.2) is 4.39 Å². The lowest BCUT2D eigenvalue weighted by atomic mass is 10.00. The average molecular weight is 239 g/mol. The minimum absolute atomic E-state index is 0.0651. The molecule has 1 N–H and O–H groups in total. The molecule has 0 aliphatic heterocycles. The molecule has 17 heavy (non-hydrogen) atoms. The van der Waals surface area contributed by atoms with E-state index in [4.69, 9.17) is 4.74 Å². The van der Waals surface area contributed by atoms with Crippen molar-refractivity contribution in [2.24, 2.45) is 0 Å². The normalized spacial score (nSPS) is 12.7. The van der Waals surface area contributed by atoms with Gasteiger partial charge in [-0.1, -0.05) is 17.7 Å². The molecule has 0 aliphatic carbocycles. The van der Waals surface area contributed by atoms with E-state index in [0.29, 0.717) is 0 Å². The Morgan fingerprint density at radius 2 is 2.18 bits per heavy atom. The van der Waals surface area contributed by atoms with Gasteiger partial charge in [0.2, 0.25) is 0 Å². The van der Waals surface area contributed by atoms with Gasteiger partial charge in [0, 0.05) is 24.8 Å². The summed E-state index contributed by atoms with van der Waals surface area (Å²) in [5, 5.41) is 3.17. The minimum Gasteiger partial charge on any atom is -0.382 e. The lowest BCUT2D eigenvalue weighted by Gasteiger charge is -2.17. The van der Waals surface area contributed by atoms with Crippen molar-refractivity contribution in [3.8, 4) is 0 Å². The van der Waals surface area contributed by atoms with E-state index in [9.17, 15) is 4.39 Å². The summed E-state index contributed by atoms with van der Waals surface area (Å²) >= 11 is 0. The van der Waals surface area contributed by atoms with Crippen LogP contribution in [0.4, 0.5) is 4.39 Å². The highest BCUT2D eigenvalue weighted by Gasteiger charge is 2.13. The summed E-state index contributed by atoms with van der Waals surface area (Å²) in [6.45, 7) is 5.44. The van der Waals surface area contributed by atoms with Gasteiger partial charge < -0.3 is 10.1 Å². The van der Waals surface area contributed by atoms with Crippen LogP contribution in [0.25, 0.3) is 0 Å². The summed E-state index contributed by atoms with van der Waals surface area (Å²) in [7, 11) is 1.87. The first-order valence-corrected chi connectivity index (χ1v) is 6.20. The van der Waals surface area contributed by atoms with E-state index in [1.54, 1.807) is 6.07 Å². The molecule has 0 aliphatic rings. The van der Waals surface area contributed by atoms with Crippen molar-refractivity contribution in [1.29, 1.82) is 0 Å². The van der Waals surface area contributed by atoms with Gasteiger partial charge in [0.1, 0.15) is 5.82 Å². The predicted molar refractivity (Wildman–Crippen MR) is 68.7 cm³/mol. The molecule has 0 fully saturated rings. The number of benzene rings is 1. The molecule has 0 radical (unpaired) electrons. The molecule has 0 saturated heterocycles. The van der Waals surface area contributed by atoms with Gasteiger partial charge in [0.05, 0.1) is 0 Å². The van der Waals surface area contributed by atoms with E-state index < -0.39 is 0 Å². The fraction of sp³-hybridized carbons (Fsp3) is 0.571. The number of rotatable bonds is 7. The van der Waals surface area contributed by atoms with Crippen molar-refractivity contribution in [1.82, 2.24) is 5.32 Å².